The molecule has 0 aromatic heterocycles. The zero-order chi connectivity index (χ0) is 11.2. The Hall–Kier alpha value is -0.660. The van der Waals surface area contributed by atoms with Crippen molar-refractivity contribution in [3.05, 3.63) is 0 Å². The normalized spacial score (nSPS) is 11.4. The summed E-state index contributed by atoms with van der Waals surface area (Å²) in [7, 11) is -0.0524. The number of sulfonamides is 1. The first kappa shape index (κ1) is 13.3. The van der Waals surface area contributed by atoms with Crippen molar-refractivity contribution < 1.29 is 13.2 Å². The minimum absolute atomic E-state index is 0.00751. The minimum atomic E-state index is -3.40. The van der Waals surface area contributed by atoms with E-state index in [1.54, 1.807) is 14.1 Å². The lowest BCUT2D eigenvalue weighted by molar-refractivity contribution is -0.128. The van der Waals surface area contributed by atoms with Gasteiger partial charge in [-0.15, -0.1) is 0 Å². The number of carbonyl (C=O) groups excluding carboxylic acids is 1. The van der Waals surface area contributed by atoms with Gasteiger partial charge in [0.2, 0.25) is 15.9 Å². The molecule has 0 heterocycles. The second-order valence-corrected chi connectivity index (χ2v) is 4.89. The van der Waals surface area contributed by atoms with Crippen LogP contribution in [0, 0.1) is 0 Å². The van der Waals surface area contributed by atoms with Crippen LogP contribution in [-0.4, -0.2) is 52.2 Å². The zero-order valence-electron chi connectivity index (χ0n) is 8.49. The Kier molecular flexibility index (Phi) is 5.66. The van der Waals surface area contributed by atoms with E-state index in [1.165, 1.54) is 4.90 Å². The van der Waals surface area contributed by atoms with E-state index in [0.717, 1.165) is 0 Å². The Morgan fingerprint density at radius 1 is 1.36 bits per heavy atom. The fourth-order valence-corrected chi connectivity index (χ4v) is 1.19. The lowest BCUT2D eigenvalue weighted by Gasteiger charge is -2.09. The number of hydrogen-bond acceptors (Lipinski definition) is 4. The maximum absolute atomic E-state index is 11.0. The molecule has 0 atom stereocenters. The van der Waals surface area contributed by atoms with E-state index in [-0.39, 0.29) is 18.2 Å². The highest BCUT2D eigenvalue weighted by Gasteiger charge is 2.04. The molecule has 0 saturated carbocycles. The monoisotopic (exact) mass is 223 g/mol. The molecule has 0 unspecified atom stereocenters. The Bertz CT molecular complexity index is 274. The van der Waals surface area contributed by atoms with E-state index in [2.05, 4.69) is 5.32 Å². The standard InChI is InChI=1S/C7H17N3O3S/c1-10(2)7(11)3-4-9-5-6-14(8,12)13/h9H,3-6H2,1-2H3,(H2,8,12,13). The average molecular weight is 223 g/mol. The third kappa shape index (κ3) is 7.96. The van der Waals surface area contributed by atoms with Crippen LogP contribution >= 0.6 is 0 Å². The molecular weight excluding hydrogens is 206 g/mol. The van der Waals surface area contributed by atoms with Crippen LogP contribution in [0.1, 0.15) is 6.42 Å². The van der Waals surface area contributed by atoms with Crippen molar-refractivity contribution >= 4 is 15.9 Å². The number of amides is 1. The molecule has 0 spiro atoms. The van der Waals surface area contributed by atoms with Crippen LogP contribution in [0.25, 0.3) is 0 Å². The summed E-state index contributed by atoms with van der Waals surface area (Å²) in [6.07, 6.45) is 0.359. The van der Waals surface area contributed by atoms with Gasteiger partial charge in [0.05, 0.1) is 5.75 Å². The first-order valence-electron chi connectivity index (χ1n) is 4.24. The number of nitrogens with two attached hydrogens (primary N) is 1. The predicted molar refractivity (Wildman–Crippen MR) is 54.2 cm³/mol. The third-order valence-corrected chi connectivity index (χ3v) is 2.35. The van der Waals surface area contributed by atoms with Crippen molar-refractivity contribution in [2.45, 2.75) is 6.42 Å². The fourth-order valence-electron chi connectivity index (χ4n) is 0.758. The second kappa shape index (κ2) is 5.94. The van der Waals surface area contributed by atoms with Gasteiger partial charge in [-0.3, -0.25) is 4.79 Å². The molecule has 7 heteroatoms. The molecular formula is C7H17N3O3S. The number of carbonyl (C=O) groups is 1. The van der Waals surface area contributed by atoms with Gasteiger partial charge >= 0.3 is 0 Å². The summed E-state index contributed by atoms with van der Waals surface area (Å²) < 4.78 is 21.0. The van der Waals surface area contributed by atoms with E-state index < -0.39 is 10.0 Å². The zero-order valence-corrected chi connectivity index (χ0v) is 9.30. The van der Waals surface area contributed by atoms with Crippen molar-refractivity contribution in [2.24, 2.45) is 5.14 Å². The van der Waals surface area contributed by atoms with Gasteiger partial charge in [-0.05, 0) is 0 Å². The molecule has 0 aliphatic rings. The van der Waals surface area contributed by atoms with Gasteiger partial charge < -0.3 is 10.2 Å². The molecule has 3 N–H and O–H groups in total. The SMILES string of the molecule is CN(C)C(=O)CCNCCS(N)(=O)=O. The van der Waals surface area contributed by atoms with Crippen molar-refractivity contribution in [3.8, 4) is 0 Å². The van der Waals surface area contributed by atoms with Gasteiger partial charge in [-0.25, -0.2) is 13.6 Å². The van der Waals surface area contributed by atoms with E-state index in [1.807, 2.05) is 0 Å². The van der Waals surface area contributed by atoms with E-state index in [4.69, 9.17) is 5.14 Å². The van der Waals surface area contributed by atoms with Crippen LogP contribution in [0.4, 0.5) is 0 Å². The average Bonchev–Trinajstić information content (AvgIpc) is 2.01. The third-order valence-electron chi connectivity index (χ3n) is 1.58. The fraction of sp³-hybridized carbons (Fsp3) is 0.857. The first-order valence-corrected chi connectivity index (χ1v) is 5.96. The number of nitrogens with zero attached hydrogens (tertiary/aromatic N) is 1. The molecule has 14 heavy (non-hydrogen) atoms. The van der Waals surface area contributed by atoms with Gasteiger partial charge in [-0.2, -0.15) is 0 Å². The topological polar surface area (TPSA) is 92.5 Å². The van der Waals surface area contributed by atoms with Gasteiger partial charge in [-0.1, -0.05) is 0 Å². The minimum Gasteiger partial charge on any atom is -0.349 e. The molecule has 0 aliphatic carbocycles. The molecule has 0 rings (SSSR count). The van der Waals surface area contributed by atoms with Crippen molar-refractivity contribution in [3.63, 3.8) is 0 Å². The summed E-state index contributed by atoms with van der Waals surface area (Å²) in [5, 5.41) is 7.60. The van der Waals surface area contributed by atoms with E-state index in [9.17, 15) is 13.2 Å². The number of primary sulfonamides is 1. The molecule has 0 radical (unpaired) electrons. The molecule has 0 aromatic rings. The molecule has 1 amide bonds. The van der Waals surface area contributed by atoms with Crippen molar-refractivity contribution in [1.82, 2.24) is 10.2 Å². The van der Waals surface area contributed by atoms with Gasteiger partial charge in [0, 0.05) is 33.6 Å². The van der Waals surface area contributed by atoms with Crippen molar-refractivity contribution in [1.29, 1.82) is 0 Å². The highest BCUT2D eigenvalue weighted by Crippen LogP contribution is 1.84. The van der Waals surface area contributed by atoms with E-state index in [0.29, 0.717) is 13.0 Å². The molecule has 84 valence electrons. The summed E-state index contributed by atoms with van der Waals surface area (Å²) in [4.78, 5) is 12.5. The smallest absolute Gasteiger partial charge is 0.223 e. The van der Waals surface area contributed by atoms with Crippen LogP contribution in [0.5, 0.6) is 0 Å². The summed E-state index contributed by atoms with van der Waals surface area (Å²) >= 11 is 0. The van der Waals surface area contributed by atoms with E-state index >= 15 is 0 Å². The molecule has 6 nitrogen and oxygen atoms in total. The second-order valence-electron chi connectivity index (χ2n) is 3.16. The Morgan fingerprint density at radius 3 is 2.36 bits per heavy atom. The van der Waals surface area contributed by atoms with Crippen LogP contribution in [0.2, 0.25) is 0 Å². The van der Waals surface area contributed by atoms with Crippen LogP contribution < -0.4 is 10.5 Å². The lowest BCUT2D eigenvalue weighted by Crippen LogP contribution is -2.30. The maximum Gasteiger partial charge on any atom is 0.223 e. The Balaban J connectivity index is 3.44. The summed E-state index contributed by atoms with van der Waals surface area (Å²) in [6.45, 7) is 0.742. The lowest BCUT2D eigenvalue weighted by atomic mass is 10.4. The van der Waals surface area contributed by atoms with Gasteiger partial charge in [0.25, 0.3) is 0 Å². The largest absolute Gasteiger partial charge is 0.349 e. The summed E-state index contributed by atoms with van der Waals surface area (Å²) in [5.41, 5.74) is 0. The Labute approximate surface area is 84.5 Å². The van der Waals surface area contributed by atoms with Crippen LogP contribution in [0.15, 0.2) is 0 Å². The highest BCUT2D eigenvalue weighted by molar-refractivity contribution is 7.89. The number of nitrogens with one attached hydrogen (secondary N) is 1. The summed E-state index contributed by atoms with van der Waals surface area (Å²) in [5.74, 6) is -0.100. The van der Waals surface area contributed by atoms with Crippen LogP contribution in [0.3, 0.4) is 0 Å². The number of hydrogen-bond donors (Lipinski definition) is 2. The van der Waals surface area contributed by atoms with Gasteiger partial charge in [0.15, 0.2) is 0 Å². The molecule has 0 fully saturated rings. The van der Waals surface area contributed by atoms with Crippen molar-refractivity contribution in [2.75, 3.05) is 32.9 Å². The van der Waals surface area contributed by atoms with Gasteiger partial charge in [0.1, 0.15) is 0 Å². The number of rotatable bonds is 6. The van der Waals surface area contributed by atoms with Crippen LogP contribution in [-0.2, 0) is 14.8 Å². The quantitative estimate of drug-likeness (QED) is 0.527. The molecule has 0 saturated heterocycles. The summed E-state index contributed by atoms with van der Waals surface area (Å²) in [6, 6.07) is 0. The molecule has 0 aromatic carbocycles. The first-order chi connectivity index (χ1) is 6.33. The molecule has 0 aliphatic heterocycles. The Morgan fingerprint density at radius 2 is 1.93 bits per heavy atom. The predicted octanol–water partition coefficient (Wildman–Crippen LogP) is -1.66. The highest BCUT2D eigenvalue weighted by atomic mass is 32.2. The maximum atomic E-state index is 11.0. The molecule has 0 bridgehead atoms.